The molecule has 49 valence electrons. The van der Waals surface area contributed by atoms with E-state index in [0.717, 1.165) is 0 Å². The monoisotopic (exact) mass is 134 g/mol. The Hall–Kier alpha value is -1.65. The van der Waals surface area contributed by atoms with Crippen LogP contribution in [-0.4, -0.2) is 19.6 Å². The van der Waals surface area contributed by atoms with E-state index >= 15 is 0 Å². The van der Waals surface area contributed by atoms with Crippen LogP contribution in [-0.2, 0) is 0 Å². The first kappa shape index (κ1) is 5.16. The zero-order valence-corrected chi connectivity index (χ0v) is 5.02. The van der Waals surface area contributed by atoms with E-state index in [0.29, 0.717) is 11.2 Å². The molecule has 0 amide bonds. The van der Waals surface area contributed by atoms with Gasteiger partial charge in [-0.2, -0.15) is 0 Å². The van der Waals surface area contributed by atoms with Gasteiger partial charge in [-0.05, 0) is 0 Å². The molecule has 2 N–H and O–H groups in total. The summed E-state index contributed by atoms with van der Waals surface area (Å²) < 4.78 is 1.33. The summed E-state index contributed by atoms with van der Waals surface area (Å²) in [5.74, 6) is 5.42. The summed E-state index contributed by atoms with van der Waals surface area (Å²) in [4.78, 5) is 11.4. The summed E-state index contributed by atoms with van der Waals surface area (Å²) in [7, 11) is 0. The molecule has 0 saturated heterocycles. The van der Waals surface area contributed by atoms with Crippen LogP contribution in [0.5, 0.6) is 0 Å². The summed E-state index contributed by atoms with van der Waals surface area (Å²) in [6.45, 7) is 0. The maximum Gasteiger partial charge on any atom is 0.182 e. The van der Waals surface area contributed by atoms with Crippen molar-refractivity contribution in [3.05, 3.63) is 18.9 Å². The summed E-state index contributed by atoms with van der Waals surface area (Å²) in [6, 6.07) is 0. The SMILES string of the molecule is Nn1cnc2[c]ncnc21. The molecule has 2 aromatic heterocycles. The lowest BCUT2D eigenvalue weighted by molar-refractivity contribution is 1.01. The Morgan fingerprint density at radius 1 is 1.50 bits per heavy atom. The van der Waals surface area contributed by atoms with Crippen molar-refractivity contribution in [3.63, 3.8) is 0 Å². The molecule has 0 bridgehead atoms. The van der Waals surface area contributed by atoms with Crippen molar-refractivity contribution in [1.82, 2.24) is 19.6 Å². The number of nitrogens with two attached hydrogens (primary N) is 1. The highest BCUT2D eigenvalue weighted by atomic mass is 15.3. The fourth-order valence-corrected chi connectivity index (χ4v) is 0.735. The number of hydrogen-bond donors (Lipinski definition) is 1. The van der Waals surface area contributed by atoms with Crippen molar-refractivity contribution in [2.75, 3.05) is 5.84 Å². The van der Waals surface area contributed by atoms with E-state index in [1.807, 2.05) is 0 Å². The van der Waals surface area contributed by atoms with E-state index in [1.54, 1.807) is 0 Å². The average Bonchev–Trinajstić information content (AvgIpc) is 2.34. The lowest BCUT2D eigenvalue weighted by Gasteiger charge is -1.88. The highest BCUT2D eigenvalue weighted by Gasteiger charge is 1.98. The predicted octanol–water partition coefficient (Wildman–Crippen LogP) is -0.660. The van der Waals surface area contributed by atoms with Crippen molar-refractivity contribution in [2.24, 2.45) is 0 Å². The minimum Gasteiger partial charge on any atom is -0.336 e. The van der Waals surface area contributed by atoms with Gasteiger partial charge in [0, 0.05) is 0 Å². The smallest absolute Gasteiger partial charge is 0.182 e. The Balaban J connectivity index is 2.93. The quantitative estimate of drug-likeness (QED) is 0.485. The van der Waals surface area contributed by atoms with Crippen molar-refractivity contribution in [3.8, 4) is 0 Å². The second kappa shape index (κ2) is 1.66. The van der Waals surface area contributed by atoms with Crippen molar-refractivity contribution in [1.29, 1.82) is 0 Å². The highest BCUT2D eigenvalue weighted by Crippen LogP contribution is 2.01. The first-order valence-corrected chi connectivity index (χ1v) is 2.69. The number of aromatic nitrogens is 4. The third kappa shape index (κ3) is 0.540. The lowest BCUT2D eigenvalue weighted by atomic mass is 10.6. The van der Waals surface area contributed by atoms with Crippen LogP contribution in [0.1, 0.15) is 0 Å². The standard InChI is InChI=1S/C5H4N5/c6-10-3-9-4-1-7-2-8-5(4)10/h2-3H,6H2. The average molecular weight is 134 g/mol. The zero-order chi connectivity index (χ0) is 6.97. The third-order valence-electron chi connectivity index (χ3n) is 1.18. The summed E-state index contributed by atoms with van der Waals surface area (Å²) in [5.41, 5.74) is 1.18. The number of nitrogens with zero attached hydrogens (tertiary/aromatic N) is 4. The van der Waals surface area contributed by atoms with Gasteiger partial charge < -0.3 is 5.84 Å². The molecule has 5 nitrogen and oxygen atoms in total. The molecule has 1 radical (unpaired) electrons. The van der Waals surface area contributed by atoms with Crippen LogP contribution in [0.2, 0.25) is 0 Å². The maximum atomic E-state index is 5.42. The number of rotatable bonds is 0. The van der Waals surface area contributed by atoms with E-state index in [1.165, 1.54) is 17.3 Å². The summed E-state index contributed by atoms with van der Waals surface area (Å²) in [5, 5.41) is 0. The van der Waals surface area contributed by atoms with E-state index in [9.17, 15) is 0 Å². The second-order valence-corrected chi connectivity index (χ2v) is 1.81. The molecule has 5 heteroatoms. The molecule has 0 spiro atoms. The molecule has 10 heavy (non-hydrogen) atoms. The molecule has 0 aliphatic carbocycles. The second-order valence-electron chi connectivity index (χ2n) is 1.81. The van der Waals surface area contributed by atoms with Gasteiger partial charge in [-0.15, -0.1) is 0 Å². The van der Waals surface area contributed by atoms with Crippen molar-refractivity contribution >= 4 is 11.2 Å². The number of imidazole rings is 1. The zero-order valence-electron chi connectivity index (χ0n) is 5.02. The molecule has 0 unspecified atom stereocenters. The normalized spacial score (nSPS) is 10.4. The van der Waals surface area contributed by atoms with Gasteiger partial charge in [0.25, 0.3) is 0 Å². The van der Waals surface area contributed by atoms with Gasteiger partial charge in [-0.1, -0.05) is 0 Å². The van der Waals surface area contributed by atoms with Crippen LogP contribution in [0.3, 0.4) is 0 Å². The van der Waals surface area contributed by atoms with Crippen molar-refractivity contribution < 1.29 is 0 Å². The van der Waals surface area contributed by atoms with Gasteiger partial charge in [-0.25, -0.2) is 19.6 Å². The number of nitrogen functional groups attached to an aromatic ring is 1. The molecule has 0 aliphatic rings. The topological polar surface area (TPSA) is 69.6 Å². The van der Waals surface area contributed by atoms with Crippen LogP contribution in [0.25, 0.3) is 11.2 Å². The fraction of sp³-hybridized carbons (Fsp3) is 0. The molecular weight excluding hydrogens is 130 g/mol. The largest absolute Gasteiger partial charge is 0.336 e. The van der Waals surface area contributed by atoms with Gasteiger partial charge in [0.15, 0.2) is 5.65 Å². The minimum absolute atomic E-state index is 0.588. The van der Waals surface area contributed by atoms with E-state index in [2.05, 4.69) is 21.1 Å². The Morgan fingerprint density at radius 2 is 2.40 bits per heavy atom. The number of fused-ring (bicyclic) bond motifs is 1. The van der Waals surface area contributed by atoms with E-state index < -0.39 is 0 Å². The molecule has 2 rings (SSSR count). The predicted molar refractivity (Wildman–Crippen MR) is 34.3 cm³/mol. The van der Waals surface area contributed by atoms with Crippen LogP contribution >= 0.6 is 0 Å². The Bertz CT molecular complexity index is 352. The number of hydrogen-bond acceptors (Lipinski definition) is 4. The Morgan fingerprint density at radius 3 is 3.20 bits per heavy atom. The van der Waals surface area contributed by atoms with Crippen LogP contribution in [0.4, 0.5) is 0 Å². The van der Waals surface area contributed by atoms with E-state index in [-0.39, 0.29) is 0 Å². The third-order valence-corrected chi connectivity index (χ3v) is 1.18. The van der Waals surface area contributed by atoms with Crippen molar-refractivity contribution in [2.45, 2.75) is 0 Å². The maximum absolute atomic E-state index is 5.42. The lowest BCUT2D eigenvalue weighted by Crippen LogP contribution is -2.06. The van der Waals surface area contributed by atoms with Gasteiger partial charge in [-0.3, -0.25) is 0 Å². The molecular formula is C5H4N5. The molecule has 0 atom stereocenters. The van der Waals surface area contributed by atoms with Gasteiger partial charge >= 0.3 is 0 Å². The summed E-state index contributed by atoms with van der Waals surface area (Å²) in [6.07, 6.45) is 5.50. The Kier molecular flexibility index (Phi) is 0.858. The van der Waals surface area contributed by atoms with E-state index in [4.69, 9.17) is 5.84 Å². The van der Waals surface area contributed by atoms with Crippen LogP contribution < -0.4 is 5.84 Å². The molecule has 0 aromatic carbocycles. The first-order chi connectivity index (χ1) is 4.88. The highest BCUT2D eigenvalue weighted by molar-refractivity contribution is 5.67. The van der Waals surface area contributed by atoms with Crippen LogP contribution in [0, 0.1) is 6.20 Å². The molecule has 0 aliphatic heterocycles. The van der Waals surface area contributed by atoms with Gasteiger partial charge in [0.2, 0.25) is 0 Å². The van der Waals surface area contributed by atoms with Crippen LogP contribution in [0.15, 0.2) is 12.7 Å². The Labute approximate surface area is 56.5 Å². The molecule has 2 heterocycles. The van der Waals surface area contributed by atoms with Gasteiger partial charge in [0.1, 0.15) is 24.4 Å². The minimum atomic E-state index is 0.588. The molecule has 0 fully saturated rings. The van der Waals surface area contributed by atoms with Gasteiger partial charge in [0.05, 0.1) is 0 Å². The molecule has 2 aromatic rings. The molecule has 0 saturated carbocycles. The fourth-order valence-electron chi connectivity index (χ4n) is 0.735. The first-order valence-electron chi connectivity index (χ1n) is 2.69. The summed E-state index contributed by atoms with van der Waals surface area (Å²) >= 11 is 0.